The van der Waals surface area contributed by atoms with Gasteiger partial charge in [0.15, 0.2) is 0 Å². The van der Waals surface area contributed by atoms with Gasteiger partial charge in [-0.25, -0.2) is 4.98 Å². The van der Waals surface area contributed by atoms with Gasteiger partial charge in [-0.05, 0) is 37.5 Å². The number of fused-ring (bicyclic) bond motifs is 1. The normalized spacial score (nSPS) is 15.2. The minimum absolute atomic E-state index is 0.129. The van der Waals surface area contributed by atoms with Gasteiger partial charge in [0, 0.05) is 25.9 Å². The summed E-state index contributed by atoms with van der Waals surface area (Å²) in [5, 5.41) is 0.747. The molecule has 2 aromatic carbocycles. The number of nitrogens with zero attached hydrogens (tertiary/aromatic N) is 2. The molecule has 1 saturated heterocycles. The zero-order chi connectivity index (χ0) is 19.7. The van der Waals surface area contributed by atoms with E-state index < -0.39 is 0 Å². The third-order valence-corrected chi connectivity index (χ3v) is 6.50. The Hall–Kier alpha value is -2.40. The smallest absolute Gasteiger partial charge is 0.274 e. The molecule has 5 heteroatoms. The van der Waals surface area contributed by atoms with Crippen molar-refractivity contribution in [1.29, 1.82) is 0 Å². The van der Waals surface area contributed by atoms with Crippen LogP contribution in [0, 0.1) is 20.8 Å². The Morgan fingerprint density at radius 1 is 1.14 bits per heavy atom. The molecule has 0 atom stereocenters. The molecule has 4 rings (SSSR count). The number of piperidine rings is 1. The van der Waals surface area contributed by atoms with E-state index in [-0.39, 0.29) is 12.0 Å². The van der Waals surface area contributed by atoms with Gasteiger partial charge < -0.3 is 9.64 Å². The quantitative estimate of drug-likeness (QED) is 0.636. The number of carbonyl (C=O) groups is 1. The highest BCUT2D eigenvalue weighted by molar-refractivity contribution is 7.20. The summed E-state index contributed by atoms with van der Waals surface area (Å²) >= 11 is 1.63. The lowest BCUT2D eigenvalue weighted by Crippen LogP contribution is -2.42. The molecule has 146 valence electrons. The lowest BCUT2D eigenvalue weighted by molar-refractivity contribution is -0.132. The summed E-state index contributed by atoms with van der Waals surface area (Å²) < 4.78 is 7.39. The van der Waals surface area contributed by atoms with Crippen molar-refractivity contribution >= 4 is 27.5 Å². The first-order valence-electron chi connectivity index (χ1n) is 9.86. The summed E-state index contributed by atoms with van der Waals surface area (Å²) in [4.78, 5) is 19.3. The third kappa shape index (κ3) is 4.04. The molecule has 0 aliphatic carbocycles. The van der Waals surface area contributed by atoms with Crippen molar-refractivity contribution in [1.82, 2.24) is 9.88 Å². The number of hydrogen-bond donors (Lipinski definition) is 0. The Bertz CT molecular complexity index is 964. The van der Waals surface area contributed by atoms with Gasteiger partial charge in [0.25, 0.3) is 5.19 Å². The summed E-state index contributed by atoms with van der Waals surface area (Å²) in [6.07, 6.45) is 2.31. The average Bonchev–Trinajstić information content (AvgIpc) is 3.10. The summed E-state index contributed by atoms with van der Waals surface area (Å²) in [7, 11) is 0. The summed E-state index contributed by atoms with van der Waals surface area (Å²) in [6.45, 7) is 7.75. The number of aromatic nitrogens is 1. The number of rotatable bonds is 4. The first-order valence-corrected chi connectivity index (χ1v) is 10.7. The fourth-order valence-electron chi connectivity index (χ4n) is 3.76. The van der Waals surface area contributed by atoms with Crippen molar-refractivity contribution in [3.05, 3.63) is 58.7 Å². The van der Waals surface area contributed by atoms with E-state index >= 15 is 0 Å². The SMILES string of the molecule is Cc1cccc(CC(=O)N2CCC(Oc3nc4c(C)ccc(C)c4s3)CC2)c1. The van der Waals surface area contributed by atoms with Crippen LogP contribution in [0.2, 0.25) is 0 Å². The molecule has 1 aromatic heterocycles. The lowest BCUT2D eigenvalue weighted by atomic mass is 10.0. The molecule has 28 heavy (non-hydrogen) atoms. The Morgan fingerprint density at radius 3 is 2.61 bits per heavy atom. The van der Waals surface area contributed by atoms with E-state index in [1.807, 2.05) is 17.0 Å². The number of benzene rings is 2. The molecule has 4 nitrogen and oxygen atoms in total. The van der Waals surface area contributed by atoms with Crippen molar-refractivity contribution in [2.24, 2.45) is 0 Å². The summed E-state index contributed by atoms with van der Waals surface area (Å²) in [5.74, 6) is 0.204. The molecule has 1 aliphatic rings. The Labute approximate surface area is 170 Å². The maximum Gasteiger partial charge on any atom is 0.274 e. The van der Waals surface area contributed by atoms with Gasteiger partial charge in [-0.3, -0.25) is 4.79 Å². The van der Waals surface area contributed by atoms with Crippen molar-refractivity contribution < 1.29 is 9.53 Å². The van der Waals surface area contributed by atoms with Gasteiger partial charge in [0.05, 0.1) is 16.6 Å². The number of amides is 1. The van der Waals surface area contributed by atoms with Gasteiger partial charge in [0.2, 0.25) is 5.91 Å². The Kier molecular flexibility index (Phi) is 5.36. The van der Waals surface area contributed by atoms with Crippen LogP contribution < -0.4 is 4.74 Å². The molecule has 1 fully saturated rings. The minimum Gasteiger partial charge on any atom is -0.467 e. The van der Waals surface area contributed by atoms with Gasteiger partial charge in [0.1, 0.15) is 6.10 Å². The molecular formula is C23H26N2O2S. The van der Waals surface area contributed by atoms with E-state index in [1.165, 1.54) is 21.4 Å². The molecular weight excluding hydrogens is 368 g/mol. The van der Waals surface area contributed by atoms with Crippen LogP contribution in [-0.2, 0) is 11.2 Å². The van der Waals surface area contributed by atoms with Gasteiger partial charge in [-0.1, -0.05) is 53.3 Å². The molecule has 0 bridgehead atoms. The predicted molar refractivity (Wildman–Crippen MR) is 114 cm³/mol. The van der Waals surface area contributed by atoms with Crippen LogP contribution in [0.1, 0.15) is 35.1 Å². The van der Waals surface area contributed by atoms with Crippen LogP contribution >= 0.6 is 11.3 Å². The Balaban J connectivity index is 1.35. The van der Waals surface area contributed by atoms with E-state index in [9.17, 15) is 4.79 Å². The van der Waals surface area contributed by atoms with Gasteiger partial charge in [-0.2, -0.15) is 0 Å². The lowest BCUT2D eigenvalue weighted by Gasteiger charge is -2.31. The zero-order valence-corrected chi connectivity index (χ0v) is 17.5. The van der Waals surface area contributed by atoms with Gasteiger partial charge in [-0.15, -0.1) is 0 Å². The van der Waals surface area contributed by atoms with E-state index in [4.69, 9.17) is 9.72 Å². The number of thiazole rings is 1. The first-order chi connectivity index (χ1) is 13.5. The van der Waals surface area contributed by atoms with Crippen LogP contribution in [0.4, 0.5) is 0 Å². The van der Waals surface area contributed by atoms with Crippen LogP contribution in [0.25, 0.3) is 10.2 Å². The summed E-state index contributed by atoms with van der Waals surface area (Å²) in [6, 6.07) is 12.4. The molecule has 0 spiro atoms. The summed E-state index contributed by atoms with van der Waals surface area (Å²) in [5.41, 5.74) is 5.75. The predicted octanol–water partition coefficient (Wildman–Crippen LogP) is 4.83. The molecule has 0 N–H and O–H groups in total. The van der Waals surface area contributed by atoms with Crippen molar-refractivity contribution in [2.45, 2.75) is 46.1 Å². The maximum atomic E-state index is 12.6. The second-order valence-electron chi connectivity index (χ2n) is 7.72. The largest absolute Gasteiger partial charge is 0.467 e. The van der Waals surface area contributed by atoms with Crippen molar-refractivity contribution in [3.63, 3.8) is 0 Å². The highest BCUT2D eigenvalue weighted by Gasteiger charge is 2.25. The van der Waals surface area contributed by atoms with Gasteiger partial charge >= 0.3 is 0 Å². The number of carbonyl (C=O) groups excluding carboxylic acids is 1. The molecule has 0 radical (unpaired) electrons. The van der Waals surface area contributed by atoms with Crippen LogP contribution in [0.15, 0.2) is 36.4 Å². The highest BCUT2D eigenvalue weighted by atomic mass is 32.1. The minimum atomic E-state index is 0.129. The standard InChI is InChI=1S/C23H26N2O2S/c1-15-5-4-6-18(13-15)14-20(26)25-11-9-19(10-12-25)27-23-24-21-16(2)7-8-17(3)22(21)28-23/h4-8,13,19H,9-12,14H2,1-3H3. The zero-order valence-electron chi connectivity index (χ0n) is 16.7. The average molecular weight is 395 g/mol. The molecule has 0 saturated carbocycles. The highest BCUT2D eigenvalue weighted by Crippen LogP contribution is 2.33. The third-order valence-electron chi connectivity index (χ3n) is 5.42. The molecule has 1 amide bonds. The number of ether oxygens (including phenoxy) is 1. The Morgan fingerprint density at radius 2 is 1.89 bits per heavy atom. The van der Waals surface area contributed by atoms with Crippen LogP contribution in [0.5, 0.6) is 5.19 Å². The fraction of sp³-hybridized carbons (Fsp3) is 0.391. The molecule has 1 aliphatic heterocycles. The van der Waals surface area contributed by atoms with E-state index in [1.54, 1.807) is 11.3 Å². The second kappa shape index (κ2) is 7.92. The molecule has 0 unspecified atom stereocenters. The monoisotopic (exact) mass is 394 g/mol. The van der Waals surface area contributed by atoms with Crippen molar-refractivity contribution in [3.8, 4) is 5.19 Å². The van der Waals surface area contributed by atoms with Crippen LogP contribution in [0.3, 0.4) is 0 Å². The van der Waals surface area contributed by atoms with E-state index in [0.29, 0.717) is 6.42 Å². The molecule has 2 heterocycles. The topological polar surface area (TPSA) is 42.4 Å². The molecule has 3 aromatic rings. The first kappa shape index (κ1) is 18.9. The van der Waals surface area contributed by atoms with E-state index in [2.05, 4.69) is 45.0 Å². The second-order valence-corrected chi connectivity index (χ2v) is 8.68. The number of aryl methyl sites for hydroxylation is 3. The maximum absolute atomic E-state index is 12.6. The van der Waals surface area contributed by atoms with E-state index in [0.717, 1.165) is 42.2 Å². The fourth-order valence-corrected chi connectivity index (χ4v) is 4.79. The van der Waals surface area contributed by atoms with Crippen molar-refractivity contribution in [2.75, 3.05) is 13.1 Å². The number of hydrogen-bond acceptors (Lipinski definition) is 4. The number of likely N-dealkylation sites (tertiary alicyclic amines) is 1. The van der Waals surface area contributed by atoms with Crippen LogP contribution in [-0.4, -0.2) is 35.0 Å².